The zero-order valence-electron chi connectivity index (χ0n) is 14.1. The van der Waals surface area contributed by atoms with Crippen LogP contribution in [0.5, 0.6) is 0 Å². The molecule has 0 radical (unpaired) electrons. The molecular weight excluding hydrogens is 361 g/mol. The van der Waals surface area contributed by atoms with Gasteiger partial charge in [-0.05, 0) is 25.1 Å². The zero-order chi connectivity index (χ0) is 18.9. The number of halogens is 1. The van der Waals surface area contributed by atoms with Gasteiger partial charge >= 0.3 is 0 Å². The summed E-state index contributed by atoms with van der Waals surface area (Å²) in [6, 6.07) is 10.1. The highest BCUT2D eigenvalue weighted by molar-refractivity contribution is 7.89. The van der Waals surface area contributed by atoms with Crippen molar-refractivity contribution in [1.29, 1.82) is 0 Å². The lowest BCUT2D eigenvalue weighted by Crippen LogP contribution is -2.48. The molecule has 2 aromatic rings. The van der Waals surface area contributed by atoms with Crippen LogP contribution in [-0.4, -0.2) is 43.8 Å². The Balaban J connectivity index is 1.73. The van der Waals surface area contributed by atoms with Crippen molar-refractivity contribution in [2.75, 3.05) is 31.1 Å². The Labute approximate surface area is 150 Å². The fourth-order valence-corrected chi connectivity index (χ4v) is 4.32. The standard InChI is InChI=1S/C17H18FN3O4S/c1-13-2-5-15(6-3-13)26(24,25)20-10-8-19(9-11-20)17-7-4-14(21(22)23)12-16(17)18/h2-7,12H,8-11H2,1H3. The van der Waals surface area contributed by atoms with E-state index in [0.717, 1.165) is 11.6 Å². The fraction of sp³-hybridized carbons (Fsp3) is 0.294. The first-order valence-corrected chi connectivity index (χ1v) is 9.49. The second kappa shape index (κ2) is 7.00. The number of nitrogens with zero attached hydrogens (tertiary/aromatic N) is 3. The van der Waals surface area contributed by atoms with Gasteiger partial charge in [-0.1, -0.05) is 17.7 Å². The van der Waals surface area contributed by atoms with Gasteiger partial charge in [-0.2, -0.15) is 4.31 Å². The van der Waals surface area contributed by atoms with Crippen LogP contribution in [0.3, 0.4) is 0 Å². The van der Waals surface area contributed by atoms with Crippen molar-refractivity contribution in [3.63, 3.8) is 0 Å². The predicted octanol–water partition coefficient (Wildman–Crippen LogP) is 2.55. The first-order chi connectivity index (χ1) is 12.3. The number of aryl methyl sites for hydroxylation is 1. The highest BCUT2D eigenvalue weighted by atomic mass is 32.2. The van der Waals surface area contributed by atoms with Crippen LogP contribution >= 0.6 is 0 Å². The maximum absolute atomic E-state index is 14.2. The van der Waals surface area contributed by atoms with Crippen molar-refractivity contribution in [2.24, 2.45) is 0 Å². The average molecular weight is 379 g/mol. The van der Waals surface area contributed by atoms with E-state index in [9.17, 15) is 22.9 Å². The molecule has 9 heteroatoms. The highest BCUT2D eigenvalue weighted by Gasteiger charge is 2.29. The molecule has 7 nitrogen and oxygen atoms in total. The molecule has 0 bridgehead atoms. The molecule has 0 aliphatic carbocycles. The third-order valence-electron chi connectivity index (χ3n) is 4.38. The number of piperazine rings is 1. The van der Waals surface area contributed by atoms with Gasteiger partial charge in [-0.15, -0.1) is 0 Å². The van der Waals surface area contributed by atoms with E-state index in [1.165, 1.54) is 16.4 Å². The molecule has 26 heavy (non-hydrogen) atoms. The summed E-state index contributed by atoms with van der Waals surface area (Å²) in [5.41, 5.74) is 0.900. The van der Waals surface area contributed by atoms with Crippen LogP contribution < -0.4 is 4.90 Å². The lowest BCUT2D eigenvalue weighted by atomic mass is 10.2. The maximum atomic E-state index is 14.2. The Morgan fingerprint density at radius 2 is 1.65 bits per heavy atom. The molecule has 1 aliphatic rings. The lowest BCUT2D eigenvalue weighted by Gasteiger charge is -2.35. The Morgan fingerprint density at radius 3 is 2.19 bits per heavy atom. The molecule has 0 saturated carbocycles. The summed E-state index contributed by atoms with van der Waals surface area (Å²) in [5.74, 6) is -0.686. The van der Waals surface area contributed by atoms with E-state index in [1.807, 2.05) is 6.92 Å². The van der Waals surface area contributed by atoms with Crippen molar-refractivity contribution in [1.82, 2.24) is 4.31 Å². The van der Waals surface area contributed by atoms with Crippen LogP contribution in [0.25, 0.3) is 0 Å². The smallest absolute Gasteiger partial charge is 0.272 e. The van der Waals surface area contributed by atoms with E-state index >= 15 is 0 Å². The van der Waals surface area contributed by atoms with Crippen molar-refractivity contribution >= 4 is 21.4 Å². The SMILES string of the molecule is Cc1ccc(S(=O)(=O)N2CCN(c3ccc([N+](=O)[O-])cc3F)CC2)cc1. The Bertz CT molecular complexity index is 924. The van der Waals surface area contributed by atoms with E-state index in [4.69, 9.17) is 0 Å². The molecular formula is C17H18FN3O4S. The zero-order valence-corrected chi connectivity index (χ0v) is 14.9. The lowest BCUT2D eigenvalue weighted by molar-refractivity contribution is -0.385. The number of benzene rings is 2. The Hall–Kier alpha value is -2.52. The van der Waals surface area contributed by atoms with E-state index < -0.39 is 20.8 Å². The summed E-state index contributed by atoms with van der Waals surface area (Å²) in [6.45, 7) is 2.92. The van der Waals surface area contributed by atoms with Gasteiger partial charge in [0.1, 0.15) is 0 Å². The molecule has 0 unspecified atom stereocenters. The number of hydrogen-bond acceptors (Lipinski definition) is 5. The number of hydrogen-bond donors (Lipinski definition) is 0. The van der Waals surface area contributed by atoms with E-state index in [1.54, 1.807) is 29.2 Å². The molecule has 2 aromatic carbocycles. The van der Waals surface area contributed by atoms with Gasteiger partial charge in [-0.25, -0.2) is 12.8 Å². The van der Waals surface area contributed by atoms with Crippen LogP contribution in [0.1, 0.15) is 5.56 Å². The number of nitro benzene ring substituents is 1. The number of nitro groups is 1. The van der Waals surface area contributed by atoms with Gasteiger partial charge in [0.25, 0.3) is 5.69 Å². The second-order valence-corrected chi connectivity index (χ2v) is 8.03. The monoisotopic (exact) mass is 379 g/mol. The average Bonchev–Trinajstić information content (AvgIpc) is 2.62. The van der Waals surface area contributed by atoms with Gasteiger partial charge in [0.05, 0.1) is 21.6 Å². The van der Waals surface area contributed by atoms with Crippen LogP contribution in [0, 0.1) is 22.9 Å². The van der Waals surface area contributed by atoms with E-state index in [2.05, 4.69) is 0 Å². The highest BCUT2D eigenvalue weighted by Crippen LogP contribution is 2.26. The molecule has 1 saturated heterocycles. The maximum Gasteiger partial charge on any atom is 0.272 e. The minimum atomic E-state index is -3.59. The normalized spacial score (nSPS) is 15.8. The molecule has 0 aromatic heterocycles. The fourth-order valence-electron chi connectivity index (χ4n) is 2.89. The molecule has 0 spiro atoms. The van der Waals surface area contributed by atoms with Crippen LogP contribution in [0.15, 0.2) is 47.4 Å². The van der Waals surface area contributed by atoms with E-state index in [-0.39, 0.29) is 29.4 Å². The van der Waals surface area contributed by atoms with Gasteiger partial charge in [-0.3, -0.25) is 10.1 Å². The van der Waals surface area contributed by atoms with Crippen LogP contribution in [-0.2, 0) is 10.0 Å². The number of non-ortho nitro benzene ring substituents is 1. The molecule has 138 valence electrons. The summed E-state index contributed by atoms with van der Waals surface area (Å²) >= 11 is 0. The van der Waals surface area contributed by atoms with Gasteiger partial charge in [0, 0.05) is 32.2 Å². The first kappa shape index (κ1) is 18.3. The summed E-state index contributed by atoms with van der Waals surface area (Å²) in [6.07, 6.45) is 0. The third kappa shape index (κ3) is 3.54. The molecule has 1 fully saturated rings. The predicted molar refractivity (Wildman–Crippen MR) is 95.2 cm³/mol. The molecule has 0 N–H and O–H groups in total. The molecule has 0 atom stereocenters. The largest absolute Gasteiger partial charge is 0.367 e. The second-order valence-electron chi connectivity index (χ2n) is 6.10. The number of anilines is 1. The molecule has 0 amide bonds. The van der Waals surface area contributed by atoms with Crippen LogP contribution in [0.4, 0.5) is 15.8 Å². The number of sulfonamides is 1. The third-order valence-corrected chi connectivity index (χ3v) is 6.29. The topological polar surface area (TPSA) is 83.8 Å². The van der Waals surface area contributed by atoms with Crippen molar-refractivity contribution in [2.45, 2.75) is 11.8 Å². The number of rotatable bonds is 4. The first-order valence-electron chi connectivity index (χ1n) is 8.05. The Kier molecular flexibility index (Phi) is 4.92. The Morgan fingerprint density at radius 1 is 1.04 bits per heavy atom. The molecule has 3 rings (SSSR count). The van der Waals surface area contributed by atoms with Gasteiger partial charge < -0.3 is 4.90 Å². The minimum absolute atomic E-state index is 0.215. The van der Waals surface area contributed by atoms with E-state index in [0.29, 0.717) is 13.1 Å². The minimum Gasteiger partial charge on any atom is -0.367 e. The summed E-state index contributed by atoms with van der Waals surface area (Å²) in [4.78, 5) is 12.0. The van der Waals surface area contributed by atoms with Crippen molar-refractivity contribution < 1.29 is 17.7 Å². The summed E-state index contributed by atoms with van der Waals surface area (Å²) in [7, 11) is -3.59. The van der Waals surface area contributed by atoms with Crippen molar-refractivity contribution in [3.05, 3.63) is 64.0 Å². The summed E-state index contributed by atoms with van der Waals surface area (Å²) in [5, 5.41) is 10.7. The van der Waals surface area contributed by atoms with Gasteiger partial charge in [0.2, 0.25) is 10.0 Å². The van der Waals surface area contributed by atoms with Gasteiger partial charge in [0.15, 0.2) is 5.82 Å². The molecule has 1 heterocycles. The van der Waals surface area contributed by atoms with Crippen molar-refractivity contribution in [3.8, 4) is 0 Å². The quantitative estimate of drug-likeness (QED) is 0.602. The summed E-state index contributed by atoms with van der Waals surface area (Å²) < 4.78 is 40.9. The van der Waals surface area contributed by atoms with Crippen LogP contribution in [0.2, 0.25) is 0 Å². The molecule has 1 aliphatic heterocycles.